The van der Waals surface area contributed by atoms with Gasteiger partial charge in [-0.2, -0.15) is 0 Å². The second-order valence-corrected chi connectivity index (χ2v) is 4.27. The van der Waals surface area contributed by atoms with Crippen LogP contribution in [0.1, 0.15) is 23.7 Å². The lowest BCUT2D eigenvalue weighted by Gasteiger charge is -2.17. The van der Waals surface area contributed by atoms with Gasteiger partial charge in [0.25, 0.3) is 11.6 Å². The Morgan fingerprint density at radius 1 is 1.50 bits per heavy atom. The Hall–Kier alpha value is -2.15. The average molecular weight is 281 g/mol. The summed E-state index contributed by atoms with van der Waals surface area (Å²) in [5.41, 5.74) is 0.511. The number of amides is 1. The van der Waals surface area contributed by atoms with Crippen molar-refractivity contribution in [3.05, 3.63) is 33.9 Å². The van der Waals surface area contributed by atoms with E-state index >= 15 is 0 Å². The first-order valence-corrected chi connectivity index (χ1v) is 6.29. The number of methoxy groups -OCH3 is 1. The third-order valence-corrected chi connectivity index (χ3v) is 2.90. The summed E-state index contributed by atoms with van der Waals surface area (Å²) in [5.74, 6) is -0.358. The zero-order valence-electron chi connectivity index (χ0n) is 11.8. The fraction of sp³-hybridized carbons (Fsp3) is 0.462. The van der Waals surface area contributed by atoms with Crippen molar-refractivity contribution in [2.24, 2.45) is 0 Å². The second kappa shape index (κ2) is 7.44. The first-order valence-electron chi connectivity index (χ1n) is 6.29. The quantitative estimate of drug-likeness (QED) is 0.587. The van der Waals surface area contributed by atoms with Gasteiger partial charge in [-0.3, -0.25) is 14.9 Å². The predicted octanol–water partition coefficient (Wildman–Crippen LogP) is 1.79. The summed E-state index contributed by atoms with van der Waals surface area (Å²) < 4.78 is 5.05. The van der Waals surface area contributed by atoms with Crippen molar-refractivity contribution in [3.8, 4) is 0 Å². The Kier molecular flexibility index (Phi) is 5.92. The molecule has 7 nitrogen and oxygen atoms in total. The molecule has 1 aromatic carbocycles. The molecule has 0 aliphatic rings. The van der Waals surface area contributed by atoms with Gasteiger partial charge in [0.1, 0.15) is 5.69 Å². The predicted molar refractivity (Wildman–Crippen MR) is 76.1 cm³/mol. The molecule has 1 unspecified atom stereocenters. The first kappa shape index (κ1) is 15.9. The lowest BCUT2D eigenvalue weighted by molar-refractivity contribution is -0.384. The van der Waals surface area contributed by atoms with Gasteiger partial charge >= 0.3 is 0 Å². The van der Waals surface area contributed by atoms with Crippen LogP contribution >= 0.6 is 0 Å². The minimum atomic E-state index is -0.506. The highest BCUT2D eigenvalue weighted by molar-refractivity contribution is 5.95. The van der Waals surface area contributed by atoms with Gasteiger partial charge < -0.3 is 15.4 Å². The molecule has 0 aliphatic heterocycles. The zero-order chi connectivity index (χ0) is 15.1. The van der Waals surface area contributed by atoms with Gasteiger partial charge in [0.05, 0.1) is 11.5 Å². The fourth-order valence-electron chi connectivity index (χ4n) is 1.77. The van der Waals surface area contributed by atoms with E-state index in [0.717, 1.165) is 6.42 Å². The number of nitrogens with one attached hydrogen (secondary N) is 2. The van der Waals surface area contributed by atoms with Gasteiger partial charge in [0.2, 0.25) is 0 Å². The van der Waals surface area contributed by atoms with Crippen molar-refractivity contribution >= 4 is 17.3 Å². The lowest BCUT2D eigenvalue weighted by atomic mass is 10.1. The van der Waals surface area contributed by atoms with Crippen molar-refractivity contribution in [2.75, 3.05) is 26.1 Å². The van der Waals surface area contributed by atoms with Crippen LogP contribution < -0.4 is 10.6 Å². The van der Waals surface area contributed by atoms with Crippen LogP contribution in [0.2, 0.25) is 0 Å². The molecule has 20 heavy (non-hydrogen) atoms. The Morgan fingerprint density at radius 3 is 2.70 bits per heavy atom. The average Bonchev–Trinajstić information content (AvgIpc) is 2.45. The fourth-order valence-corrected chi connectivity index (χ4v) is 1.77. The zero-order valence-corrected chi connectivity index (χ0v) is 11.8. The van der Waals surface area contributed by atoms with E-state index in [0.29, 0.717) is 12.3 Å². The molecule has 1 rings (SSSR count). The highest BCUT2D eigenvalue weighted by atomic mass is 16.6. The largest absolute Gasteiger partial charge is 0.383 e. The van der Waals surface area contributed by atoms with Crippen LogP contribution in [0.3, 0.4) is 0 Å². The topological polar surface area (TPSA) is 93.5 Å². The van der Waals surface area contributed by atoms with Gasteiger partial charge in [-0.15, -0.1) is 0 Å². The molecular formula is C13H19N3O4. The third-order valence-electron chi connectivity index (χ3n) is 2.90. The number of carbonyl (C=O) groups excluding carboxylic acids is 1. The lowest BCUT2D eigenvalue weighted by Crippen LogP contribution is -2.24. The highest BCUT2D eigenvalue weighted by Gasteiger charge is 2.19. The molecule has 110 valence electrons. The number of anilines is 1. The molecule has 0 spiro atoms. The normalized spacial score (nSPS) is 11.8. The first-order chi connectivity index (χ1) is 9.53. The summed E-state index contributed by atoms with van der Waals surface area (Å²) in [6.45, 7) is 2.41. The molecule has 0 radical (unpaired) electrons. The van der Waals surface area contributed by atoms with Crippen molar-refractivity contribution in [2.45, 2.75) is 19.4 Å². The van der Waals surface area contributed by atoms with E-state index in [1.165, 1.54) is 13.1 Å². The van der Waals surface area contributed by atoms with Gasteiger partial charge in [-0.1, -0.05) is 6.92 Å². The minimum absolute atomic E-state index is 0.0236. The molecule has 1 atom stereocenters. The maximum Gasteiger partial charge on any atom is 0.293 e. The summed E-state index contributed by atoms with van der Waals surface area (Å²) >= 11 is 0. The van der Waals surface area contributed by atoms with E-state index in [4.69, 9.17) is 4.74 Å². The van der Waals surface area contributed by atoms with Gasteiger partial charge in [-0.05, 0) is 18.6 Å². The molecule has 0 aromatic heterocycles. The molecule has 0 saturated carbocycles. The molecule has 0 bridgehead atoms. The van der Waals surface area contributed by atoms with Gasteiger partial charge in [-0.25, -0.2) is 0 Å². The van der Waals surface area contributed by atoms with E-state index in [1.54, 1.807) is 19.2 Å². The van der Waals surface area contributed by atoms with Crippen molar-refractivity contribution < 1.29 is 14.5 Å². The number of nitrogens with zero attached hydrogens (tertiary/aromatic N) is 1. The summed E-state index contributed by atoms with van der Waals surface area (Å²) in [5, 5.41) is 16.6. The van der Waals surface area contributed by atoms with Crippen LogP contribution in [0.15, 0.2) is 18.2 Å². The number of benzene rings is 1. The number of rotatable bonds is 7. The molecule has 1 amide bonds. The van der Waals surface area contributed by atoms with Crippen LogP contribution in [0, 0.1) is 10.1 Å². The second-order valence-electron chi connectivity index (χ2n) is 4.27. The number of hydrogen-bond donors (Lipinski definition) is 2. The van der Waals surface area contributed by atoms with E-state index in [-0.39, 0.29) is 23.2 Å². The molecule has 2 N–H and O–H groups in total. The van der Waals surface area contributed by atoms with Crippen LogP contribution in [0.25, 0.3) is 0 Å². The summed E-state index contributed by atoms with van der Waals surface area (Å²) in [4.78, 5) is 22.1. The third kappa shape index (κ3) is 3.92. The molecule has 1 aromatic rings. The van der Waals surface area contributed by atoms with Crippen LogP contribution in [-0.2, 0) is 4.74 Å². The highest BCUT2D eigenvalue weighted by Crippen LogP contribution is 2.26. The number of hydrogen-bond acceptors (Lipinski definition) is 5. The van der Waals surface area contributed by atoms with Crippen LogP contribution in [-0.4, -0.2) is 37.6 Å². The smallest absolute Gasteiger partial charge is 0.293 e. The summed E-state index contributed by atoms with van der Waals surface area (Å²) in [6.07, 6.45) is 0.766. The monoisotopic (exact) mass is 281 g/mol. The molecule has 0 aliphatic carbocycles. The van der Waals surface area contributed by atoms with Crippen LogP contribution in [0.5, 0.6) is 0 Å². The Bertz CT molecular complexity index is 491. The van der Waals surface area contributed by atoms with Crippen molar-refractivity contribution in [1.29, 1.82) is 0 Å². The van der Waals surface area contributed by atoms with Gasteiger partial charge in [0, 0.05) is 31.8 Å². The molecule has 7 heteroatoms. The number of ether oxygens (including phenoxy) is 1. The van der Waals surface area contributed by atoms with Gasteiger partial charge in [0.15, 0.2) is 0 Å². The Morgan fingerprint density at radius 2 is 2.20 bits per heavy atom. The van der Waals surface area contributed by atoms with E-state index in [1.807, 2.05) is 6.92 Å². The Labute approximate surface area is 117 Å². The maximum atomic E-state index is 11.5. The minimum Gasteiger partial charge on any atom is -0.383 e. The number of carbonyl (C=O) groups is 1. The molecule has 0 fully saturated rings. The van der Waals surface area contributed by atoms with E-state index < -0.39 is 4.92 Å². The maximum absolute atomic E-state index is 11.5. The standard InChI is InChI=1S/C13H19N3O4/c1-4-10(8-20-3)15-11-6-5-9(13(17)14-2)7-12(11)16(18)19/h5-7,10,15H,4,8H2,1-3H3,(H,14,17). The van der Waals surface area contributed by atoms with E-state index in [9.17, 15) is 14.9 Å². The SMILES string of the molecule is CCC(COC)Nc1ccc(C(=O)NC)cc1[N+](=O)[O-]. The molecular weight excluding hydrogens is 262 g/mol. The molecule has 0 heterocycles. The van der Waals surface area contributed by atoms with Crippen LogP contribution in [0.4, 0.5) is 11.4 Å². The summed E-state index contributed by atoms with van der Waals surface area (Å²) in [7, 11) is 3.06. The Balaban J connectivity index is 3.07. The van der Waals surface area contributed by atoms with E-state index in [2.05, 4.69) is 10.6 Å². The number of nitro groups is 1. The van der Waals surface area contributed by atoms with Crippen molar-refractivity contribution in [3.63, 3.8) is 0 Å². The van der Waals surface area contributed by atoms with Crippen molar-refractivity contribution in [1.82, 2.24) is 5.32 Å². The number of nitro benzene ring substituents is 1. The summed E-state index contributed by atoms with van der Waals surface area (Å²) in [6, 6.07) is 4.33. The molecule has 0 saturated heterocycles.